The molecule has 0 radical (unpaired) electrons. The van der Waals surface area contributed by atoms with Gasteiger partial charge in [-0.2, -0.15) is 0 Å². The van der Waals surface area contributed by atoms with E-state index in [2.05, 4.69) is 24.5 Å². The SMILES string of the molecule is CC1CC(C)CN(C(=O)Nc2ccc3c(c2)NC(=O)C(C)O3)C1. The van der Waals surface area contributed by atoms with E-state index in [1.54, 1.807) is 25.1 Å². The highest BCUT2D eigenvalue weighted by molar-refractivity contribution is 5.99. The summed E-state index contributed by atoms with van der Waals surface area (Å²) in [4.78, 5) is 26.0. The van der Waals surface area contributed by atoms with Crippen LogP contribution in [-0.4, -0.2) is 36.0 Å². The summed E-state index contributed by atoms with van der Waals surface area (Å²) in [6.45, 7) is 7.59. The smallest absolute Gasteiger partial charge is 0.321 e. The van der Waals surface area contributed by atoms with E-state index in [9.17, 15) is 9.59 Å². The number of rotatable bonds is 1. The third kappa shape index (κ3) is 3.41. The molecule has 2 aliphatic rings. The van der Waals surface area contributed by atoms with Gasteiger partial charge >= 0.3 is 6.03 Å². The van der Waals surface area contributed by atoms with Crippen LogP contribution in [0.15, 0.2) is 18.2 Å². The Bertz CT molecular complexity index is 622. The van der Waals surface area contributed by atoms with Crippen molar-refractivity contribution in [3.05, 3.63) is 18.2 Å². The van der Waals surface area contributed by atoms with Crippen LogP contribution in [0.4, 0.5) is 16.2 Å². The van der Waals surface area contributed by atoms with Crippen LogP contribution in [0.3, 0.4) is 0 Å². The molecule has 124 valence electrons. The molecule has 2 N–H and O–H groups in total. The minimum absolute atomic E-state index is 0.0974. The number of carbonyl (C=O) groups excluding carboxylic acids is 2. The summed E-state index contributed by atoms with van der Waals surface area (Å²) < 4.78 is 5.51. The van der Waals surface area contributed by atoms with Crippen molar-refractivity contribution in [1.82, 2.24) is 4.90 Å². The van der Waals surface area contributed by atoms with Crippen LogP contribution < -0.4 is 15.4 Å². The van der Waals surface area contributed by atoms with E-state index < -0.39 is 6.10 Å². The summed E-state index contributed by atoms with van der Waals surface area (Å²) in [7, 11) is 0. The number of anilines is 2. The van der Waals surface area contributed by atoms with Crippen molar-refractivity contribution in [3.8, 4) is 5.75 Å². The molecule has 6 heteroatoms. The van der Waals surface area contributed by atoms with Gasteiger partial charge in [0, 0.05) is 18.8 Å². The lowest BCUT2D eigenvalue weighted by Gasteiger charge is -2.35. The molecule has 3 unspecified atom stereocenters. The standard InChI is InChI=1S/C17H23N3O3/c1-10-6-11(2)9-20(8-10)17(22)18-13-4-5-15-14(7-13)19-16(21)12(3)23-15/h4-5,7,10-12H,6,8-9H2,1-3H3,(H,18,22)(H,19,21). The molecule has 0 saturated carbocycles. The van der Waals surface area contributed by atoms with E-state index in [1.807, 2.05) is 4.90 Å². The van der Waals surface area contributed by atoms with Crippen LogP contribution in [0.25, 0.3) is 0 Å². The van der Waals surface area contributed by atoms with Crippen molar-refractivity contribution in [1.29, 1.82) is 0 Å². The summed E-state index contributed by atoms with van der Waals surface area (Å²) in [6, 6.07) is 5.19. The maximum absolute atomic E-state index is 12.4. The number of likely N-dealkylation sites (tertiary alicyclic amines) is 1. The van der Waals surface area contributed by atoms with E-state index in [-0.39, 0.29) is 11.9 Å². The highest BCUT2D eigenvalue weighted by Crippen LogP contribution is 2.32. The molecule has 1 saturated heterocycles. The van der Waals surface area contributed by atoms with Gasteiger partial charge < -0.3 is 20.3 Å². The number of benzene rings is 1. The summed E-state index contributed by atoms with van der Waals surface area (Å²) in [5.41, 5.74) is 1.24. The fraction of sp³-hybridized carbons (Fsp3) is 0.529. The van der Waals surface area contributed by atoms with Crippen molar-refractivity contribution in [2.75, 3.05) is 23.7 Å². The maximum Gasteiger partial charge on any atom is 0.321 e. The van der Waals surface area contributed by atoms with Gasteiger partial charge in [0.2, 0.25) is 0 Å². The van der Waals surface area contributed by atoms with E-state index in [1.165, 1.54) is 0 Å². The van der Waals surface area contributed by atoms with E-state index in [4.69, 9.17) is 4.74 Å². The second kappa shape index (κ2) is 6.10. The molecule has 23 heavy (non-hydrogen) atoms. The van der Waals surface area contributed by atoms with Gasteiger partial charge in [0.05, 0.1) is 5.69 Å². The molecular formula is C17H23N3O3. The Hall–Kier alpha value is -2.24. The molecule has 2 aliphatic heterocycles. The molecule has 6 nitrogen and oxygen atoms in total. The first-order valence-electron chi connectivity index (χ1n) is 8.10. The Labute approximate surface area is 136 Å². The fourth-order valence-electron chi connectivity index (χ4n) is 3.32. The van der Waals surface area contributed by atoms with Gasteiger partial charge in [0.25, 0.3) is 5.91 Å². The van der Waals surface area contributed by atoms with Crippen molar-refractivity contribution in [3.63, 3.8) is 0 Å². The highest BCUT2D eigenvalue weighted by atomic mass is 16.5. The summed E-state index contributed by atoms with van der Waals surface area (Å²) in [5.74, 6) is 1.47. The van der Waals surface area contributed by atoms with Gasteiger partial charge in [-0.05, 0) is 43.4 Å². The van der Waals surface area contributed by atoms with Crippen LogP contribution in [-0.2, 0) is 4.79 Å². The van der Waals surface area contributed by atoms with Crippen molar-refractivity contribution >= 4 is 23.3 Å². The van der Waals surface area contributed by atoms with Crippen molar-refractivity contribution in [2.45, 2.75) is 33.3 Å². The van der Waals surface area contributed by atoms with Crippen molar-refractivity contribution in [2.24, 2.45) is 11.8 Å². The number of nitrogens with zero attached hydrogens (tertiary/aromatic N) is 1. The molecule has 1 aromatic carbocycles. The third-order valence-corrected chi connectivity index (χ3v) is 4.32. The molecular weight excluding hydrogens is 294 g/mol. The van der Waals surface area contributed by atoms with Gasteiger partial charge in [0.1, 0.15) is 5.75 Å². The second-order valence-corrected chi connectivity index (χ2v) is 6.74. The van der Waals surface area contributed by atoms with Crippen LogP contribution in [0, 0.1) is 11.8 Å². The first-order valence-corrected chi connectivity index (χ1v) is 8.10. The Kier molecular flexibility index (Phi) is 4.15. The molecule has 0 aromatic heterocycles. The van der Waals surface area contributed by atoms with E-state index in [0.717, 1.165) is 19.5 Å². The largest absolute Gasteiger partial charge is 0.479 e. The quantitative estimate of drug-likeness (QED) is 0.836. The molecule has 3 amide bonds. The van der Waals surface area contributed by atoms with Crippen LogP contribution in [0.2, 0.25) is 0 Å². The van der Waals surface area contributed by atoms with E-state index >= 15 is 0 Å². The monoisotopic (exact) mass is 317 g/mol. The minimum Gasteiger partial charge on any atom is -0.479 e. The van der Waals surface area contributed by atoms with Crippen LogP contribution in [0.1, 0.15) is 27.2 Å². The highest BCUT2D eigenvalue weighted by Gasteiger charge is 2.26. The number of nitrogens with one attached hydrogen (secondary N) is 2. The summed E-state index contributed by atoms with van der Waals surface area (Å²) in [5, 5.41) is 5.70. The molecule has 1 aromatic rings. The minimum atomic E-state index is -0.501. The molecule has 2 heterocycles. The zero-order chi connectivity index (χ0) is 16.6. The molecule has 3 rings (SSSR count). The molecule has 3 atom stereocenters. The number of hydrogen-bond donors (Lipinski definition) is 2. The first-order chi connectivity index (χ1) is 10.9. The Balaban J connectivity index is 1.70. The molecule has 0 spiro atoms. The lowest BCUT2D eigenvalue weighted by molar-refractivity contribution is -0.122. The average molecular weight is 317 g/mol. The number of ether oxygens (including phenoxy) is 1. The fourth-order valence-corrected chi connectivity index (χ4v) is 3.32. The number of hydrogen-bond acceptors (Lipinski definition) is 3. The van der Waals surface area contributed by atoms with Gasteiger partial charge in [-0.25, -0.2) is 4.79 Å². The Morgan fingerprint density at radius 2 is 1.96 bits per heavy atom. The zero-order valence-electron chi connectivity index (χ0n) is 13.8. The van der Waals surface area contributed by atoms with Gasteiger partial charge in [-0.15, -0.1) is 0 Å². The van der Waals surface area contributed by atoms with Gasteiger partial charge in [0.15, 0.2) is 6.10 Å². The van der Waals surface area contributed by atoms with Crippen LogP contribution >= 0.6 is 0 Å². The zero-order valence-corrected chi connectivity index (χ0v) is 13.8. The average Bonchev–Trinajstić information content (AvgIpc) is 2.47. The lowest BCUT2D eigenvalue weighted by Crippen LogP contribution is -2.44. The third-order valence-electron chi connectivity index (χ3n) is 4.32. The lowest BCUT2D eigenvalue weighted by atomic mass is 9.92. The molecule has 0 aliphatic carbocycles. The number of urea groups is 1. The normalized spacial score (nSPS) is 26.8. The molecule has 0 bridgehead atoms. The van der Waals surface area contributed by atoms with Crippen LogP contribution in [0.5, 0.6) is 5.75 Å². The first kappa shape index (κ1) is 15.6. The van der Waals surface area contributed by atoms with Gasteiger partial charge in [-0.1, -0.05) is 13.8 Å². The van der Waals surface area contributed by atoms with Crippen molar-refractivity contribution < 1.29 is 14.3 Å². The number of fused-ring (bicyclic) bond motifs is 1. The van der Waals surface area contributed by atoms with E-state index in [0.29, 0.717) is 29.0 Å². The second-order valence-electron chi connectivity index (χ2n) is 6.74. The van der Waals surface area contributed by atoms with Gasteiger partial charge in [-0.3, -0.25) is 4.79 Å². The predicted molar refractivity (Wildman–Crippen MR) is 88.7 cm³/mol. The Morgan fingerprint density at radius 1 is 1.26 bits per heavy atom. The molecule has 1 fully saturated rings. The number of piperidine rings is 1. The maximum atomic E-state index is 12.4. The Morgan fingerprint density at radius 3 is 2.65 bits per heavy atom. The number of carbonyl (C=O) groups is 2. The topological polar surface area (TPSA) is 70.7 Å². The summed E-state index contributed by atoms with van der Waals surface area (Å²) in [6.07, 6.45) is 0.656. The summed E-state index contributed by atoms with van der Waals surface area (Å²) >= 11 is 0. The predicted octanol–water partition coefficient (Wildman–Crippen LogP) is 2.92. The number of amides is 3.